The third-order valence-electron chi connectivity index (χ3n) is 8.75. The van der Waals surface area contributed by atoms with E-state index in [0.29, 0.717) is 12.8 Å². The highest BCUT2D eigenvalue weighted by atomic mass is 16.6. The molecule has 0 radical (unpaired) electrons. The molecular formula is C33H65N3O6. The molecule has 0 saturated carbocycles. The molecule has 6 atom stereocenters. The Bertz CT molecular complexity index is 724. The molecule has 1 rings (SSSR count). The average molecular weight is 600 g/mol. The lowest BCUT2D eigenvalue weighted by Gasteiger charge is -2.53. The number of aliphatic hydroxyl groups is 3. The summed E-state index contributed by atoms with van der Waals surface area (Å²) in [5, 5.41) is 31.4. The third-order valence-corrected chi connectivity index (χ3v) is 8.75. The Balaban J connectivity index is 2.88. The molecule has 1 saturated heterocycles. The van der Waals surface area contributed by atoms with Crippen LogP contribution in [0, 0.1) is 5.92 Å². The van der Waals surface area contributed by atoms with Gasteiger partial charge in [0, 0.05) is 13.0 Å². The summed E-state index contributed by atoms with van der Waals surface area (Å²) in [6.45, 7) is 5.55. The van der Waals surface area contributed by atoms with Crippen molar-refractivity contribution in [1.29, 1.82) is 0 Å². The maximum atomic E-state index is 13.7. The number of rotatable bonds is 25. The number of nitrogens with zero attached hydrogens (tertiary/aromatic N) is 1. The number of ether oxygens (including phenoxy) is 1. The Morgan fingerprint density at radius 1 is 0.762 bits per heavy atom. The topological polar surface area (TPSA) is 159 Å². The van der Waals surface area contributed by atoms with Gasteiger partial charge >= 0.3 is 0 Å². The lowest BCUT2D eigenvalue weighted by Crippen LogP contribution is -2.76. The summed E-state index contributed by atoms with van der Waals surface area (Å²) >= 11 is 0. The number of hydrogen-bond donors (Lipinski definition) is 5. The largest absolute Gasteiger partial charge is 0.394 e. The van der Waals surface area contributed by atoms with Crippen molar-refractivity contribution >= 4 is 11.7 Å². The Labute approximate surface area is 256 Å². The van der Waals surface area contributed by atoms with Gasteiger partial charge in [-0.25, -0.2) is 0 Å². The van der Waals surface area contributed by atoms with E-state index in [1.165, 1.54) is 82.5 Å². The van der Waals surface area contributed by atoms with Gasteiger partial charge in [-0.2, -0.15) is 0 Å². The molecule has 1 heterocycles. The Morgan fingerprint density at radius 2 is 1.19 bits per heavy atom. The van der Waals surface area contributed by atoms with Crippen LogP contribution in [-0.2, 0) is 14.3 Å². The molecule has 42 heavy (non-hydrogen) atoms. The van der Waals surface area contributed by atoms with E-state index in [1.807, 2.05) is 0 Å². The number of ketones is 1. The monoisotopic (exact) mass is 599 g/mol. The van der Waals surface area contributed by atoms with Crippen molar-refractivity contribution in [2.24, 2.45) is 17.4 Å². The van der Waals surface area contributed by atoms with Crippen LogP contribution in [0.15, 0.2) is 0 Å². The molecule has 9 heteroatoms. The van der Waals surface area contributed by atoms with E-state index in [1.54, 1.807) is 0 Å². The number of unbranched alkanes of at least 4 members (excludes halogenated alkanes) is 17. The predicted octanol–water partition coefficient (Wildman–Crippen LogP) is 4.91. The molecule has 1 amide bonds. The third kappa shape index (κ3) is 13.3. The average Bonchev–Trinajstić information content (AvgIpc) is 2.96. The fraction of sp³-hybridized carbons (Fsp3) is 0.939. The van der Waals surface area contributed by atoms with Gasteiger partial charge in [-0.3, -0.25) is 15.3 Å². The maximum absolute atomic E-state index is 13.7. The second-order valence-corrected chi connectivity index (χ2v) is 12.5. The molecule has 7 N–H and O–H groups in total. The van der Waals surface area contributed by atoms with E-state index in [9.17, 15) is 24.9 Å². The first-order chi connectivity index (χ1) is 20.1. The van der Waals surface area contributed by atoms with Gasteiger partial charge in [-0.05, 0) is 19.8 Å². The summed E-state index contributed by atoms with van der Waals surface area (Å²) in [5.74, 6) is -4.30. The zero-order valence-electron chi connectivity index (χ0n) is 27.1. The van der Waals surface area contributed by atoms with Crippen LogP contribution in [0.5, 0.6) is 0 Å². The van der Waals surface area contributed by atoms with Gasteiger partial charge in [0.2, 0.25) is 11.8 Å². The molecule has 248 valence electrons. The molecule has 0 aliphatic carbocycles. The van der Waals surface area contributed by atoms with Gasteiger partial charge in [-0.1, -0.05) is 123 Å². The van der Waals surface area contributed by atoms with Crippen LogP contribution < -0.4 is 11.5 Å². The molecule has 0 unspecified atom stereocenters. The summed E-state index contributed by atoms with van der Waals surface area (Å²) in [6.07, 6.45) is 17.2. The summed E-state index contributed by atoms with van der Waals surface area (Å²) < 4.78 is 5.95. The number of amides is 1. The first kappa shape index (κ1) is 38.9. The Kier molecular flexibility index (Phi) is 20.8. The number of aliphatic hydroxyl groups excluding tert-OH is 3. The summed E-state index contributed by atoms with van der Waals surface area (Å²) in [5.41, 5.74) is 12.7. The maximum Gasteiger partial charge on any atom is 0.225 e. The highest BCUT2D eigenvalue weighted by molar-refractivity contribution is 5.88. The molecule has 0 aromatic rings. The molecular weight excluding hydrogens is 534 g/mol. The second-order valence-electron chi connectivity index (χ2n) is 12.5. The van der Waals surface area contributed by atoms with E-state index in [4.69, 9.17) is 16.2 Å². The first-order valence-corrected chi connectivity index (χ1v) is 17.2. The fourth-order valence-corrected chi connectivity index (χ4v) is 6.05. The van der Waals surface area contributed by atoms with E-state index in [-0.39, 0.29) is 18.9 Å². The molecule has 0 bridgehead atoms. The first-order valence-electron chi connectivity index (χ1n) is 17.2. The number of Topliss-reactive ketones (excluding diaryl/α,β-unsaturated/α-hetero) is 1. The zero-order valence-corrected chi connectivity index (χ0v) is 27.1. The highest BCUT2D eigenvalue weighted by Crippen LogP contribution is 2.36. The van der Waals surface area contributed by atoms with Gasteiger partial charge in [-0.15, -0.1) is 0 Å². The number of carbonyl (C=O) groups excluding carboxylic acids is 2. The number of nitrogens with two attached hydrogens (primary N) is 2. The lowest BCUT2D eigenvalue weighted by molar-refractivity contribution is -0.291. The highest BCUT2D eigenvalue weighted by Gasteiger charge is 2.59. The number of hydrogen-bond acceptors (Lipinski definition) is 8. The van der Waals surface area contributed by atoms with Gasteiger partial charge in [0.25, 0.3) is 0 Å². The normalized spacial score (nSPS) is 25.0. The van der Waals surface area contributed by atoms with Crippen LogP contribution in [-0.4, -0.2) is 75.3 Å². The Morgan fingerprint density at radius 3 is 1.62 bits per heavy atom. The molecule has 0 aromatic carbocycles. The van der Waals surface area contributed by atoms with Gasteiger partial charge in [0.05, 0.1) is 18.8 Å². The van der Waals surface area contributed by atoms with Crippen molar-refractivity contribution in [3.8, 4) is 0 Å². The van der Waals surface area contributed by atoms with Gasteiger partial charge < -0.3 is 30.7 Å². The molecule has 9 nitrogen and oxygen atoms in total. The Hall–Kier alpha value is -1.10. The standard InChI is InChI=1S/C33H65N3O6/c1-4-6-8-10-12-14-16-18-20-22-24-36(28(38)23-21-19-17-15-13-11-9-7-5-2)33(35)29(30(39)26(3)34)32(41)31(40)27(25-37)42-33/h26-27,29,31-32,37,40-41H,4-25,34-35H2,1-3H3/t26-,27-,29-,31-,32-,33+/m1/s1. The molecule has 1 aliphatic rings. The molecule has 1 aliphatic heterocycles. The van der Waals surface area contributed by atoms with Crippen molar-refractivity contribution in [2.45, 2.75) is 179 Å². The smallest absolute Gasteiger partial charge is 0.225 e. The van der Waals surface area contributed by atoms with Crippen LogP contribution in [0.4, 0.5) is 0 Å². The van der Waals surface area contributed by atoms with Crippen molar-refractivity contribution in [3.63, 3.8) is 0 Å². The van der Waals surface area contributed by atoms with E-state index in [2.05, 4.69) is 13.8 Å². The predicted molar refractivity (Wildman–Crippen MR) is 168 cm³/mol. The quantitative estimate of drug-likeness (QED) is 0.0731. The summed E-state index contributed by atoms with van der Waals surface area (Å²) in [7, 11) is 0. The van der Waals surface area contributed by atoms with Gasteiger partial charge in [0.15, 0.2) is 5.78 Å². The van der Waals surface area contributed by atoms with Crippen molar-refractivity contribution in [1.82, 2.24) is 4.90 Å². The minimum absolute atomic E-state index is 0.247. The molecule has 0 aromatic heterocycles. The second kappa shape index (κ2) is 22.4. The van der Waals surface area contributed by atoms with Crippen LogP contribution in [0.25, 0.3) is 0 Å². The van der Waals surface area contributed by atoms with Crippen LogP contribution in [0.2, 0.25) is 0 Å². The van der Waals surface area contributed by atoms with Gasteiger partial charge in [0.1, 0.15) is 18.1 Å². The van der Waals surface area contributed by atoms with E-state index in [0.717, 1.165) is 38.5 Å². The van der Waals surface area contributed by atoms with Crippen molar-refractivity contribution in [2.75, 3.05) is 13.2 Å². The zero-order chi connectivity index (χ0) is 31.4. The minimum Gasteiger partial charge on any atom is -0.394 e. The van der Waals surface area contributed by atoms with Crippen molar-refractivity contribution in [3.05, 3.63) is 0 Å². The van der Waals surface area contributed by atoms with E-state index >= 15 is 0 Å². The van der Waals surface area contributed by atoms with E-state index < -0.39 is 48.5 Å². The summed E-state index contributed by atoms with van der Waals surface area (Å²) in [6, 6.07) is -0.986. The van der Waals surface area contributed by atoms with Crippen LogP contribution in [0.1, 0.15) is 149 Å². The van der Waals surface area contributed by atoms with Crippen molar-refractivity contribution < 1.29 is 29.6 Å². The van der Waals surface area contributed by atoms with Crippen LogP contribution >= 0.6 is 0 Å². The fourth-order valence-electron chi connectivity index (χ4n) is 6.05. The molecule has 0 spiro atoms. The summed E-state index contributed by atoms with van der Waals surface area (Å²) in [4.78, 5) is 28.3. The molecule has 1 fully saturated rings. The minimum atomic E-state index is -2.02. The number of carbonyl (C=O) groups is 2. The van der Waals surface area contributed by atoms with Crippen LogP contribution in [0.3, 0.4) is 0 Å². The SMILES string of the molecule is CCCCCCCCCCCCN(C(=O)CCCCCCCCCCC)[C@]1(N)O[C@H](CO)[C@@H](O)[C@H](O)[C@H]1C(=O)[C@@H](C)N. The lowest BCUT2D eigenvalue weighted by atomic mass is 9.80.